The fourth-order valence-electron chi connectivity index (χ4n) is 2.40. The summed E-state index contributed by atoms with van der Waals surface area (Å²) >= 11 is 0. The van der Waals surface area contributed by atoms with Gasteiger partial charge in [-0.2, -0.15) is 0 Å². The molecule has 0 aliphatic carbocycles. The fraction of sp³-hybridized carbons (Fsp3) is 0.250. The summed E-state index contributed by atoms with van der Waals surface area (Å²) in [7, 11) is 2.87. The van der Waals surface area contributed by atoms with Crippen LogP contribution in [0.4, 0.5) is 0 Å². The lowest BCUT2D eigenvalue weighted by atomic mass is 10.1. The number of carbonyl (C=O) groups is 1. The number of hydrogen-bond acceptors (Lipinski definition) is 5. The quantitative estimate of drug-likeness (QED) is 0.790. The number of fused-ring (bicyclic) bond motifs is 1. The molecule has 7 nitrogen and oxygen atoms in total. The topological polar surface area (TPSA) is 98.0 Å². The predicted molar refractivity (Wildman–Crippen MR) is 84.8 cm³/mol. The number of allylic oxidation sites excluding steroid dienone is 1. The standard InChI is InChI=1S/C16H17NO6/c1-4-5-6-17-10-8-12(23-3)11(22-2)7-9(10)14(18)13(15(17)19)16(20)21/h4,7-8,18H,1,5-6H2,2-3H3,(H,20,21). The molecule has 0 atom stereocenters. The van der Waals surface area contributed by atoms with Crippen LogP contribution < -0.4 is 15.0 Å². The first-order valence-corrected chi connectivity index (χ1v) is 6.81. The van der Waals surface area contributed by atoms with Crippen LogP contribution in [0.1, 0.15) is 16.8 Å². The van der Waals surface area contributed by atoms with Gasteiger partial charge in [-0.3, -0.25) is 4.79 Å². The minimum atomic E-state index is -1.49. The van der Waals surface area contributed by atoms with E-state index in [0.29, 0.717) is 23.4 Å². The summed E-state index contributed by atoms with van der Waals surface area (Å²) in [5.41, 5.74) is -1.10. The van der Waals surface area contributed by atoms with Gasteiger partial charge in [-0.15, -0.1) is 6.58 Å². The normalized spacial score (nSPS) is 10.5. The van der Waals surface area contributed by atoms with E-state index in [4.69, 9.17) is 9.47 Å². The minimum absolute atomic E-state index is 0.198. The molecule has 1 heterocycles. The summed E-state index contributed by atoms with van der Waals surface area (Å²) in [6, 6.07) is 2.98. The average Bonchev–Trinajstić information content (AvgIpc) is 2.53. The predicted octanol–water partition coefficient (Wildman–Crippen LogP) is 2.00. The van der Waals surface area contributed by atoms with Gasteiger partial charge in [0.2, 0.25) is 0 Å². The first-order valence-electron chi connectivity index (χ1n) is 6.81. The molecule has 2 N–H and O–H groups in total. The maximum absolute atomic E-state index is 12.4. The summed E-state index contributed by atoms with van der Waals surface area (Å²) in [5.74, 6) is -1.39. The van der Waals surface area contributed by atoms with E-state index >= 15 is 0 Å². The lowest BCUT2D eigenvalue weighted by molar-refractivity contribution is 0.0691. The van der Waals surface area contributed by atoms with E-state index in [-0.39, 0.29) is 11.9 Å². The van der Waals surface area contributed by atoms with Gasteiger partial charge in [-0.05, 0) is 12.5 Å². The Hall–Kier alpha value is -2.96. The lowest BCUT2D eigenvalue weighted by Crippen LogP contribution is -2.27. The fourth-order valence-corrected chi connectivity index (χ4v) is 2.40. The van der Waals surface area contributed by atoms with E-state index in [0.717, 1.165) is 0 Å². The van der Waals surface area contributed by atoms with E-state index in [1.807, 2.05) is 0 Å². The van der Waals surface area contributed by atoms with Crippen LogP contribution in [0.2, 0.25) is 0 Å². The van der Waals surface area contributed by atoms with Crippen molar-refractivity contribution >= 4 is 16.9 Å². The third kappa shape index (κ3) is 2.73. The van der Waals surface area contributed by atoms with Crippen LogP contribution in [0.3, 0.4) is 0 Å². The Balaban J connectivity index is 2.96. The molecule has 2 rings (SSSR count). The van der Waals surface area contributed by atoms with Crippen molar-refractivity contribution < 1.29 is 24.5 Å². The third-order valence-electron chi connectivity index (χ3n) is 3.51. The molecule has 0 unspecified atom stereocenters. The smallest absolute Gasteiger partial charge is 0.345 e. The van der Waals surface area contributed by atoms with Crippen LogP contribution >= 0.6 is 0 Å². The molecule has 7 heteroatoms. The molecule has 0 radical (unpaired) electrons. The zero-order valence-electron chi connectivity index (χ0n) is 12.8. The highest BCUT2D eigenvalue weighted by Crippen LogP contribution is 2.36. The number of pyridine rings is 1. The van der Waals surface area contributed by atoms with Crippen molar-refractivity contribution in [2.45, 2.75) is 13.0 Å². The van der Waals surface area contributed by atoms with Gasteiger partial charge in [0.25, 0.3) is 5.56 Å². The van der Waals surface area contributed by atoms with Gasteiger partial charge in [0.05, 0.1) is 19.7 Å². The second-order valence-electron chi connectivity index (χ2n) is 4.79. The van der Waals surface area contributed by atoms with Crippen LogP contribution in [0.5, 0.6) is 17.2 Å². The van der Waals surface area contributed by atoms with E-state index in [2.05, 4.69) is 6.58 Å². The molecule has 0 fully saturated rings. The second-order valence-corrected chi connectivity index (χ2v) is 4.79. The number of ether oxygens (including phenoxy) is 2. The molecule has 0 spiro atoms. The minimum Gasteiger partial charge on any atom is -0.506 e. The summed E-state index contributed by atoms with van der Waals surface area (Å²) in [4.78, 5) is 23.8. The average molecular weight is 319 g/mol. The van der Waals surface area contributed by atoms with Crippen molar-refractivity contribution in [1.82, 2.24) is 4.57 Å². The molecule has 0 saturated carbocycles. The number of aromatic carboxylic acids is 1. The Morgan fingerprint density at radius 1 is 1.30 bits per heavy atom. The lowest BCUT2D eigenvalue weighted by Gasteiger charge is -2.15. The molecule has 23 heavy (non-hydrogen) atoms. The number of carboxylic acids is 1. The van der Waals surface area contributed by atoms with Crippen molar-refractivity contribution in [2.24, 2.45) is 0 Å². The Morgan fingerprint density at radius 3 is 2.43 bits per heavy atom. The summed E-state index contributed by atoms with van der Waals surface area (Å²) in [5, 5.41) is 19.7. The van der Waals surface area contributed by atoms with Gasteiger partial charge in [0.15, 0.2) is 17.1 Å². The maximum Gasteiger partial charge on any atom is 0.345 e. The number of aromatic nitrogens is 1. The van der Waals surface area contributed by atoms with Crippen LogP contribution in [0.25, 0.3) is 10.9 Å². The van der Waals surface area contributed by atoms with Crippen LogP contribution in [-0.2, 0) is 6.54 Å². The highest BCUT2D eigenvalue weighted by atomic mass is 16.5. The first kappa shape index (κ1) is 16.4. The molecule has 1 aromatic heterocycles. The number of rotatable bonds is 6. The van der Waals surface area contributed by atoms with Crippen LogP contribution in [-0.4, -0.2) is 35.0 Å². The number of aryl methyl sites for hydroxylation is 1. The molecule has 0 bridgehead atoms. The summed E-state index contributed by atoms with van der Waals surface area (Å²) in [6.45, 7) is 3.83. The second kappa shape index (κ2) is 6.43. The van der Waals surface area contributed by atoms with E-state index in [1.54, 1.807) is 6.08 Å². The highest BCUT2D eigenvalue weighted by molar-refractivity contribution is 5.99. The molecule has 1 aromatic carbocycles. The summed E-state index contributed by atoms with van der Waals surface area (Å²) in [6.07, 6.45) is 2.08. The molecular formula is C16H17NO6. The van der Waals surface area contributed by atoms with Crippen molar-refractivity contribution in [3.63, 3.8) is 0 Å². The molecule has 0 amide bonds. The number of carboxylic acid groups (broad SMARTS) is 1. The zero-order valence-corrected chi connectivity index (χ0v) is 12.8. The van der Waals surface area contributed by atoms with Crippen molar-refractivity contribution in [3.8, 4) is 17.2 Å². The number of aromatic hydroxyl groups is 1. The Labute approximate surface area is 132 Å². The Morgan fingerprint density at radius 2 is 1.91 bits per heavy atom. The third-order valence-corrected chi connectivity index (χ3v) is 3.51. The maximum atomic E-state index is 12.4. The van der Waals surface area contributed by atoms with Crippen molar-refractivity contribution in [3.05, 3.63) is 40.7 Å². The number of nitrogens with zero attached hydrogens (tertiary/aromatic N) is 1. The largest absolute Gasteiger partial charge is 0.506 e. The molecule has 0 saturated heterocycles. The van der Waals surface area contributed by atoms with Gasteiger partial charge in [-0.1, -0.05) is 6.08 Å². The van der Waals surface area contributed by atoms with Crippen LogP contribution in [0, 0.1) is 0 Å². The highest BCUT2D eigenvalue weighted by Gasteiger charge is 2.23. The van der Waals surface area contributed by atoms with Gasteiger partial charge in [-0.25, -0.2) is 4.79 Å². The summed E-state index contributed by atoms with van der Waals surface area (Å²) < 4.78 is 11.6. The van der Waals surface area contributed by atoms with Gasteiger partial charge in [0.1, 0.15) is 5.75 Å². The van der Waals surface area contributed by atoms with E-state index < -0.39 is 22.8 Å². The van der Waals surface area contributed by atoms with Crippen LogP contribution in [0.15, 0.2) is 29.6 Å². The molecule has 2 aromatic rings. The van der Waals surface area contributed by atoms with Gasteiger partial charge < -0.3 is 24.3 Å². The van der Waals surface area contributed by atoms with Crippen molar-refractivity contribution in [2.75, 3.05) is 14.2 Å². The molecule has 122 valence electrons. The van der Waals surface area contributed by atoms with E-state index in [9.17, 15) is 19.8 Å². The molecule has 0 aliphatic heterocycles. The first-order chi connectivity index (χ1) is 11.0. The molecule has 0 aliphatic rings. The molecular weight excluding hydrogens is 302 g/mol. The SMILES string of the molecule is C=CCCn1c(=O)c(C(=O)O)c(O)c2cc(OC)c(OC)cc21. The number of hydrogen-bond donors (Lipinski definition) is 2. The number of methoxy groups -OCH3 is 2. The van der Waals surface area contributed by atoms with Gasteiger partial charge in [0, 0.05) is 18.0 Å². The Kier molecular flexibility index (Phi) is 4.59. The van der Waals surface area contributed by atoms with Crippen molar-refractivity contribution in [1.29, 1.82) is 0 Å². The Bertz CT molecular complexity index is 837. The zero-order chi connectivity index (χ0) is 17.1. The number of benzene rings is 1. The van der Waals surface area contributed by atoms with Gasteiger partial charge >= 0.3 is 5.97 Å². The van der Waals surface area contributed by atoms with E-state index in [1.165, 1.54) is 30.9 Å². The monoisotopic (exact) mass is 319 g/mol.